The van der Waals surface area contributed by atoms with Crippen molar-refractivity contribution in [3.8, 4) is 11.5 Å². The second-order valence-corrected chi connectivity index (χ2v) is 7.16. The molecule has 4 nitrogen and oxygen atoms in total. The van der Waals surface area contributed by atoms with Gasteiger partial charge in [0.1, 0.15) is 0 Å². The van der Waals surface area contributed by atoms with Crippen LogP contribution >= 0.6 is 8.25 Å². The number of carbonyl (C=O) groups excluding carboxylic acids is 1. The van der Waals surface area contributed by atoms with Gasteiger partial charge in [0.05, 0.1) is 0 Å². The SMILES string of the molecule is Cc1cc(C)c(C(=O)c2ccc(O[P+](=O)Oc3ccccc3)cc2)c(C)c1. The Morgan fingerprint density at radius 1 is 0.778 bits per heavy atom. The van der Waals surface area contributed by atoms with Gasteiger partial charge in [0.2, 0.25) is 0 Å². The summed E-state index contributed by atoms with van der Waals surface area (Å²) in [7, 11) is -2.35. The van der Waals surface area contributed by atoms with Crippen LogP contribution in [-0.2, 0) is 4.57 Å². The average Bonchev–Trinajstić information content (AvgIpc) is 2.62. The lowest BCUT2D eigenvalue weighted by molar-refractivity contribution is 0.103. The molecule has 0 radical (unpaired) electrons. The summed E-state index contributed by atoms with van der Waals surface area (Å²) >= 11 is 0. The third kappa shape index (κ3) is 4.60. The van der Waals surface area contributed by atoms with Gasteiger partial charge < -0.3 is 0 Å². The molecular weight excluding hydrogens is 359 g/mol. The van der Waals surface area contributed by atoms with Gasteiger partial charge in [0.25, 0.3) is 0 Å². The van der Waals surface area contributed by atoms with Crippen molar-refractivity contribution >= 4 is 14.0 Å². The van der Waals surface area contributed by atoms with Crippen LogP contribution in [0.25, 0.3) is 0 Å². The third-order valence-electron chi connectivity index (χ3n) is 4.12. The van der Waals surface area contributed by atoms with E-state index in [0.717, 1.165) is 16.7 Å². The number of carbonyl (C=O) groups is 1. The molecule has 5 heteroatoms. The minimum Gasteiger partial charge on any atom is -0.289 e. The number of aryl methyl sites for hydroxylation is 3. The fraction of sp³-hybridized carbons (Fsp3) is 0.136. The first kappa shape index (κ1) is 18.8. The summed E-state index contributed by atoms with van der Waals surface area (Å²) in [6, 6.07) is 19.4. The molecule has 1 unspecified atom stereocenters. The summed E-state index contributed by atoms with van der Waals surface area (Å²) in [5.74, 6) is 0.804. The first-order chi connectivity index (χ1) is 12.9. The van der Waals surface area contributed by atoms with E-state index in [0.29, 0.717) is 22.6 Å². The van der Waals surface area contributed by atoms with Crippen LogP contribution in [0.1, 0.15) is 32.6 Å². The molecule has 0 amide bonds. The maximum absolute atomic E-state index is 12.9. The van der Waals surface area contributed by atoms with Crippen molar-refractivity contribution in [2.24, 2.45) is 0 Å². The van der Waals surface area contributed by atoms with Crippen molar-refractivity contribution in [2.75, 3.05) is 0 Å². The van der Waals surface area contributed by atoms with Crippen LogP contribution in [0.4, 0.5) is 0 Å². The second kappa shape index (κ2) is 8.15. The fourth-order valence-electron chi connectivity index (χ4n) is 3.02. The Labute approximate surface area is 159 Å². The normalized spacial score (nSPS) is 11.0. The molecule has 1 atom stereocenters. The van der Waals surface area contributed by atoms with Crippen molar-refractivity contribution in [1.82, 2.24) is 0 Å². The summed E-state index contributed by atoms with van der Waals surface area (Å²) in [6.07, 6.45) is 0. The molecule has 0 heterocycles. The molecule has 3 rings (SSSR count). The van der Waals surface area contributed by atoms with Crippen LogP contribution in [0.2, 0.25) is 0 Å². The molecule has 0 aliphatic rings. The van der Waals surface area contributed by atoms with Crippen molar-refractivity contribution in [3.63, 3.8) is 0 Å². The van der Waals surface area contributed by atoms with Gasteiger partial charge in [-0.2, -0.15) is 0 Å². The highest BCUT2D eigenvalue weighted by Crippen LogP contribution is 2.30. The lowest BCUT2D eigenvalue weighted by atomic mass is 9.93. The minimum absolute atomic E-state index is 0.0403. The maximum Gasteiger partial charge on any atom is 0.805 e. The zero-order chi connectivity index (χ0) is 19.4. The minimum atomic E-state index is -2.35. The number of para-hydroxylation sites is 1. The number of hydrogen-bond acceptors (Lipinski definition) is 4. The van der Waals surface area contributed by atoms with Gasteiger partial charge in [0, 0.05) is 15.7 Å². The quantitative estimate of drug-likeness (QED) is 0.392. The van der Waals surface area contributed by atoms with E-state index in [-0.39, 0.29) is 5.78 Å². The first-order valence-corrected chi connectivity index (χ1v) is 9.64. The van der Waals surface area contributed by atoms with Crippen LogP contribution in [0.5, 0.6) is 11.5 Å². The topological polar surface area (TPSA) is 52.6 Å². The number of benzene rings is 3. The van der Waals surface area contributed by atoms with Crippen LogP contribution in [0.3, 0.4) is 0 Å². The zero-order valence-corrected chi connectivity index (χ0v) is 16.3. The monoisotopic (exact) mass is 379 g/mol. The Morgan fingerprint density at radius 3 is 1.85 bits per heavy atom. The number of ketones is 1. The Morgan fingerprint density at radius 2 is 1.30 bits per heavy atom. The average molecular weight is 379 g/mol. The highest BCUT2D eigenvalue weighted by molar-refractivity contribution is 7.34. The summed E-state index contributed by atoms with van der Waals surface area (Å²) in [5.41, 5.74) is 4.31. The van der Waals surface area contributed by atoms with Crippen LogP contribution in [-0.4, -0.2) is 5.78 Å². The predicted octanol–water partition coefficient (Wildman–Crippen LogP) is 5.96. The molecule has 0 aliphatic carbocycles. The number of rotatable bonds is 6. The van der Waals surface area contributed by atoms with E-state index in [9.17, 15) is 9.36 Å². The van der Waals surface area contributed by atoms with E-state index in [1.54, 1.807) is 48.5 Å². The summed E-state index contributed by atoms with van der Waals surface area (Å²) in [6.45, 7) is 5.89. The smallest absolute Gasteiger partial charge is 0.289 e. The summed E-state index contributed by atoms with van der Waals surface area (Å²) in [4.78, 5) is 12.9. The Hall–Kier alpha value is -2.97. The molecule has 0 N–H and O–H groups in total. The molecule has 0 fully saturated rings. The third-order valence-corrected chi connectivity index (χ3v) is 4.84. The Bertz CT molecular complexity index is 956. The van der Waals surface area contributed by atoms with E-state index in [2.05, 4.69) is 0 Å². The van der Waals surface area contributed by atoms with Crippen LogP contribution in [0.15, 0.2) is 66.7 Å². The lowest BCUT2D eigenvalue weighted by Gasteiger charge is -2.10. The van der Waals surface area contributed by atoms with Crippen LogP contribution < -0.4 is 9.05 Å². The van der Waals surface area contributed by atoms with Gasteiger partial charge in [0.15, 0.2) is 17.3 Å². The molecule has 0 saturated heterocycles. The van der Waals surface area contributed by atoms with Crippen molar-refractivity contribution < 1.29 is 18.4 Å². The second-order valence-electron chi connectivity index (χ2n) is 6.35. The molecule has 0 bridgehead atoms. The van der Waals surface area contributed by atoms with E-state index in [4.69, 9.17) is 9.05 Å². The molecule has 27 heavy (non-hydrogen) atoms. The fourth-order valence-corrected chi connectivity index (χ4v) is 3.65. The van der Waals surface area contributed by atoms with Crippen molar-refractivity contribution in [2.45, 2.75) is 20.8 Å². The highest BCUT2D eigenvalue weighted by atomic mass is 31.1. The van der Waals surface area contributed by atoms with E-state index >= 15 is 0 Å². The largest absolute Gasteiger partial charge is 0.805 e. The van der Waals surface area contributed by atoms with Crippen LogP contribution in [0, 0.1) is 20.8 Å². The van der Waals surface area contributed by atoms with Gasteiger partial charge in [-0.25, -0.2) is 9.05 Å². The molecular formula is C22H20O4P+. The molecule has 0 aliphatic heterocycles. The lowest BCUT2D eigenvalue weighted by Crippen LogP contribution is -2.06. The maximum atomic E-state index is 12.9. The van der Waals surface area contributed by atoms with Crippen molar-refractivity contribution in [1.29, 1.82) is 0 Å². The summed E-state index contributed by atoms with van der Waals surface area (Å²) in [5, 5.41) is 0. The van der Waals surface area contributed by atoms with Gasteiger partial charge in [-0.05, 0) is 68.3 Å². The molecule has 0 saturated carbocycles. The van der Waals surface area contributed by atoms with Crippen molar-refractivity contribution in [3.05, 3.63) is 94.5 Å². The molecule has 3 aromatic rings. The van der Waals surface area contributed by atoms with E-state index in [1.165, 1.54) is 0 Å². The van der Waals surface area contributed by atoms with Gasteiger partial charge in [-0.1, -0.05) is 35.9 Å². The van der Waals surface area contributed by atoms with Gasteiger partial charge in [-0.3, -0.25) is 4.79 Å². The summed E-state index contributed by atoms with van der Waals surface area (Å²) < 4.78 is 22.5. The zero-order valence-electron chi connectivity index (χ0n) is 15.4. The van der Waals surface area contributed by atoms with Gasteiger partial charge in [-0.15, -0.1) is 0 Å². The number of hydrogen-bond donors (Lipinski definition) is 0. The highest BCUT2D eigenvalue weighted by Gasteiger charge is 2.24. The molecule has 0 spiro atoms. The van der Waals surface area contributed by atoms with Gasteiger partial charge >= 0.3 is 8.25 Å². The Balaban J connectivity index is 1.72. The standard InChI is InChI=1S/C22H20O4P/c1-15-13-16(2)21(17(3)14-15)22(23)18-9-11-20(12-10-18)26-27(24)25-19-7-5-4-6-8-19/h4-14H,1-3H3/q+1. The molecule has 3 aromatic carbocycles. The Kier molecular flexibility index (Phi) is 5.68. The molecule has 136 valence electrons. The predicted molar refractivity (Wildman–Crippen MR) is 106 cm³/mol. The van der Waals surface area contributed by atoms with E-state index in [1.807, 2.05) is 39.0 Å². The van der Waals surface area contributed by atoms with E-state index < -0.39 is 8.25 Å². The molecule has 0 aromatic heterocycles. The first-order valence-electron chi connectivity index (χ1n) is 8.55.